The van der Waals surface area contributed by atoms with Crippen molar-refractivity contribution in [1.29, 1.82) is 0 Å². The zero-order chi connectivity index (χ0) is 18.7. The van der Waals surface area contributed by atoms with Gasteiger partial charge in [0, 0.05) is 40.5 Å². The number of nitrogens with zero attached hydrogens (tertiary/aromatic N) is 1. The van der Waals surface area contributed by atoms with Gasteiger partial charge in [-0.15, -0.1) is 0 Å². The fourth-order valence-corrected chi connectivity index (χ4v) is 3.26. The van der Waals surface area contributed by atoms with Gasteiger partial charge in [-0.3, -0.25) is 14.5 Å². The maximum Gasteiger partial charge on any atom is 0.328 e. The number of amides is 1. The number of carbonyl (C=O) groups is 3. The van der Waals surface area contributed by atoms with Crippen LogP contribution < -0.4 is 5.32 Å². The molecular weight excluding hydrogens is 338 g/mol. The monoisotopic (exact) mass is 357 g/mol. The van der Waals surface area contributed by atoms with Crippen molar-refractivity contribution in [2.24, 2.45) is 0 Å². The van der Waals surface area contributed by atoms with Crippen molar-refractivity contribution in [3.05, 3.63) is 42.1 Å². The van der Waals surface area contributed by atoms with Gasteiger partial charge in [0.2, 0.25) is 5.91 Å². The average Bonchev–Trinajstić information content (AvgIpc) is 3.24. The first-order valence-electron chi connectivity index (χ1n) is 8.25. The highest BCUT2D eigenvalue weighted by Crippen LogP contribution is 2.32. The van der Waals surface area contributed by atoms with Crippen LogP contribution in [0.2, 0.25) is 0 Å². The molecule has 1 atom stereocenters. The average molecular weight is 357 g/mol. The number of nitrogens with one attached hydrogen (secondary N) is 2. The normalized spacial score (nSPS) is 16.2. The molecule has 0 unspecified atom stereocenters. The van der Waals surface area contributed by atoms with E-state index >= 15 is 0 Å². The van der Waals surface area contributed by atoms with E-state index in [4.69, 9.17) is 5.11 Å². The van der Waals surface area contributed by atoms with Crippen molar-refractivity contribution in [2.45, 2.75) is 18.9 Å². The van der Waals surface area contributed by atoms with Crippen molar-refractivity contribution in [3.63, 3.8) is 0 Å². The summed E-state index contributed by atoms with van der Waals surface area (Å²) in [6.45, 7) is 1.47. The van der Waals surface area contributed by atoms with Crippen LogP contribution in [0.5, 0.6) is 0 Å². The molecule has 136 valence electrons. The van der Waals surface area contributed by atoms with Crippen molar-refractivity contribution in [2.75, 3.05) is 18.4 Å². The number of aliphatic carboxylic acids is 2. The summed E-state index contributed by atoms with van der Waals surface area (Å²) in [7, 11) is 0. The third-order valence-electron chi connectivity index (χ3n) is 4.39. The Labute approximate surface area is 149 Å². The number of likely N-dealkylation sites (tertiary alicyclic amines) is 1. The lowest BCUT2D eigenvalue weighted by Gasteiger charge is -2.23. The number of hydrogen-bond acceptors (Lipinski definition) is 4. The van der Waals surface area contributed by atoms with Crippen molar-refractivity contribution in [3.8, 4) is 0 Å². The molecule has 4 N–H and O–H groups in total. The molecule has 0 aliphatic carbocycles. The number of carboxylic acid groups (broad SMARTS) is 2. The zero-order valence-electron chi connectivity index (χ0n) is 13.9. The van der Waals surface area contributed by atoms with Crippen LogP contribution in [0, 0.1) is 0 Å². The number of anilines is 1. The largest absolute Gasteiger partial charge is 0.480 e. The topological polar surface area (TPSA) is 123 Å². The molecule has 0 saturated carbocycles. The van der Waals surface area contributed by atoms with Gasteiger partial charge in [0.1, 0.15) is 6.04 Å². The van der Waals surface area contributed by atoms with Gasteiger partial charge in [-0.1, -0.05) is 0 Å². The number of aromatic amines is 1. The van der Waals surface area contributed by atoms with E-state index in [9.17, 15) is 19.5 Å². The van der Waals surface area contributed by atoms with Gasteiger partial charge in [0.05, 0.1) is 0 Å². The lowest BCUT2D eigenvalue weighted by atomic mass is 10.0. The van der Waals surface area contributed by atoms with E-state index in [1.165, 1.54) is 0 Å². The summed E-state index contributed by atoms with van der Waals surface area (Å²) < 4.78 is 0. The Morgan fingerprint density at radius 2 is 1.88 bits per heavy atom. The molecule has 1 saturated heterocycles. The van der Waals surface area contributed by atoms with E-state index < -0.39 is 23.9 Å². The summed E-state index contributed by atoms with van der Waals surface area (Å²) >= 11 is 0. The van der Waals surface area contributed by atoms with E-state index in [1.807, 2.05) is 4.90 Å². The molecule has 26 heavy (non-hydrogen) atoms. The Balaban J connectivity index is 1.91. The van der Waals surface area contributed by atoms with E-state index in [0.29, 0.717) is 16.6 Å². The lowest BCUT2D eigenvalue weighted by molar-refractivity contribution is -0.143. The Hall–Kier alpha value is -3.13. The third kappa shape index (κ3) is 3.75. The molecule has 1 aliphatic rings. The lowest BCUT2D eigenvalue weighted by Crippen LogP contribution is -2.31. The number of fused-ring (bicyclic) bond motifs is 1. The van der Waals surface area contributed by atoms with Crippen LogP contribution in [0.25, 0.3) is 10.9 Å². The molecule has 0 spiro atoms. The predicted octanol–water partition coefficient (Wildman–Crippen LogP) is 1.97. The van der Waals surface area contributed by atoms with Gasteiger partial charge in [0.25, 0.3) is 0 Å². The molecule has 8 nitrogen and oxygen atoms in total. The molecule has 8 heteroatoms. The first-order chi connectivity index (χ1) is 12.5. The van der Waals surface area contributed by atoms with Gasteiger partial charge in [-0.25, -0.2) is 4.79 Å². The van der Waals surface area contributed by atoms with E-state index in [2.05, 4.69) is 10.3 Å². The van der Waals surface area contributed by atoms with Crippen LogP contribution in [-0.2, 0) is 14.4 Å². The third-order valence-corrected chi connectivity index (χ3v) is 4.39. The van der Waals surface area contributed by atoms with E-state index in [1.54, 1.807) is 24.4 Å². The first-order valence-corrected chi connectivity index (χ1v) is 8.25. The summed E-state index contributed by atoms with van der Waals surface area (Å²) in [4.78, 5) is 39.1. The molecule has 0 radical (unpaired) electrons. The van der Waals surface area contributed by atoms with Gasteiger partial charge in [-0.2, -0.15) is 0 Å². The maximum atomic E-state index is 11.9. The van der Waals surface area contributed by atoms with Crippen LogP contribution in [0.15, 0.2) is 36.5 Å². The number of H-pyrrole nitrogens is 1. The molecule has 2 aromatic rings. The number of aromatic nitrogens is 1. The van der Waals surface area contributed by atoms with Gasteiger partial charge < -0.3 is 20.5 Å². The van der Waals surface area contributed by atoms with Gasteiger partial charge >= 0.3 is 11.9 Å². The van der Waals surface area contributed by atoms with Crippen LogP contribution in [0.1, 0.15) is 24.4 Å². The number of hydrogen-bond donors (Lipinski definition) is 4. The van der Waals surface area contributed by atoms with Crippen molar-refractivity contribution >= 4 is 34.4 Å². The summed E-state index contributed by atoms with van der Waals surface area (Å²) in [5.74, 6) is -2.69. The molecule has 1 aromatic heterocycles. The maximum absolute atomic E-state index is 11.9. The van der Waals surface area contributed by atoms with Crippen LogP contribution in [-0.4, -0.2) is 51.0 Å². The predicted molar refractivity (Wildman–Crippen MR) is 94.9 cm³/mol. The van der Waals surface area contributed by atoms with E-state index in [0.717, 1.165) is 43.6 Å². The van der Waals surface area contributed by atoms with Crippen LogP contribution in [0.4, 0.5) is 5.69 Å². The molecule has 3 rings (SSSR count). The molecule has 1 aromatic carbocycles. The highest BCUT2D eigenvalue weighted by molar-refractivity contribution is 6.03. The summed E-state index contributed by atoms with van der Waals surface area (Å²) in [6.07, 6.45) is 5.32. The number of rotatable bonds is 6. The number of carboxylic acids is 2. The highest BCUT2D eigenvalue weighted by atomic mass is 16.4. The smallest absolute Gasteiger partial charge is 0.328 e. The second kappa shape index (κ2) is 7.40. The second-order valence-corrected chi connectivity index (χ2v) is 6.15. The summed E-state index contributed by atoms with van der Waals surface area (Å²) in [5, 5.41) is 21.6. The SMILES string of the molecule is O=C(O)/C=C/C(=O)Nc1ccc2[nH]cc([C@@H](C(=O)O)N3CCCC3)c2c1. The Kier molecular flexibility index (Phi) is 5.04. The Bertz CT molecular complexity index is 880. The molecule has 1 aliphatic heterocycles. The molecule has 2 heterocycles. The summed E-state index contributed by atoms with van der Waals surface area (Å²) in [5.41, 5.74) is 1.88. The van der Waals surface area contributed by atoms with Gasteiger partial charge in [0.15, 0.2) is 0 Å². The fraction of sp³-hybridized carbons (Fsp3) is 0.278. The summed E-state index contributed by atoms with van der Waals surface area (Å²) in [6, 6.07) is 4.36. The zero-order valence-corrected chi connectivity index (χ0v) is 13.9. The highest BCUT2D eigenvalue weighted by Gasteiger charge is 2.31. The molecule has 1 amide bonds. The minimum atomic E-state index is -1.21. The van der Waals surface area contributed by atoms with Crippen molar-refractivity contribution in [1.82, 2.24) is 9.88 Å². The van der Waals surface area contributed by atoms with Crippen molar-refractivity contribution < 1.29 is 24.6 Å². The standard InChI is InChI=1S/C18H19N3O5/c22-15(5-6-16(23)24)20-11-3-4-14-12(9-11)13(10-19-14)17(18(25)26)21-7-1-2-8-21/h3-6,9-10,17,19H,1-2,7-8H2,(H,20,22)(H,23,24)(H,25,26)/b6-5+/t17-/m0/s1. The number of benzene rings is 1. The Morgan fingerprint density at radius 3 is 2.54 bits per heavy atom. The van der Waals surface area contributed by atoms with Crippen LogP contribution >= 0.6 is 0 Å². The number of carbonyl (C=O) groups excluding carboxylic acids is 1. The molecule has 1 fully saturated rings. The van der Waals surface area contributed by atoms with Gasteiger partial charge in [-0.05, 0) is 44.1 Å². The second-order valence-electron chi connectivity index (χ2n) is 6.15. The minimum absolute atomic E-state index is 0.462. The quantitative estimate of drug-likeness (QED) is 0.586. The van der Waals surface area contributed by atoms with E-state index in [-0.39, 0.29) is 0 Å². The minimum Gasteiger partial charge on any atom is -0.480 e. The fourth-order valence-electron chi connectivity index (χ4n) is 3.26. The van der Waals surface area contributed by atoms with Crippen LogP contribution in [0.3, 0.4) is 0 Å². The molecule has 0 bridgehead atoms. The molecular formula is C18H19N3O5. The first kappa shape index (κ1) is 17.7. The Morgan fingerprint density at radius 1 is 1.15 bits per heavy atom.